The first-order valence-corrected chi connectivity index (χ1v) is 7.73. The van der Waals surface area contributed by atoms with Crippen molar-refractivity contribution in [3.63, 3.8) is 0 Å². The molecule has 23 heavy (non-hydrogen) atoms. The lowest BCUT2D eigenvalue weighted by atomic mass is 9.83. The average molecular weight is 334 g/mol. The summed E-state index contributed by atoms with van der Waals surface area (Å²) in [6.45, 7) is 3.90. The maximum absolute atomic E-state index is 12.3. The van der Waals surface area contributed by atoms with E-state index in [0.29, 0.717) is 12.8 Å². The van der Waals surface area contributed by atoms with Crippen molar-refractivity contribution in [2.45, 2.75) is 38.3 Å². The summed E-state index contributed by atoms with van der Waals surface area (Å²) in [5.74, 6) is -0.364. The Morgan fingerprint density at radius 1 is 1.00 bits per heavy atom. The lowest BCUT2D eigenvalue weighted by Crippen LogP contribution is -2.40. The van der Waals surface area contributed by atoms with Crippen LogP contribution in [0.15, 0.2) is 60.7 Å². The molecule has 124 valence electrons. The van der Waals surface area contributed by atoms with Crippen LogP contribution in [-0.4, -0.2) is 12.0 Å². The van der Waals surface area contributed by atoms with Gasteiger partial charge in [-0.25, -0.2) is 0 Å². The molecule has 0 aliphatic carbocycles. The van der Waals surface area contributed by atoms with Gasteiger partial charge in [-0.3, -0.25) is 4.79 Å². The van der Waals surface area contributed by atoms with Crippen LogP contribution in [0.3, 0.4) is 0 Å². The van der Waals surface area contributed by atoms with E-state index in [9.17, 15) is 4.79 Å². The normalized spacial score (nSPS) is 12.1. The number of carbonyl (C=O) groups is 1. The maximum atomic E-state index is 12.3. The molecule has 0 heterocycles. The van der Waals surface area contributed by atoms with Crippen molar-refractivity contribution in [1.82, 2.24) is 0 Å². The first-order chi connectivity index (χ1) is 10.6. The molecule has 2 N–H and O–H groups in total. The first-order valence-electron chi connectivity index (χ1n) is 7.73. The number of carbonyl (C=O) groups excluding carboxylic acids is 1. The summed E-state index contributed by atoms with van der Waals surface area (Å²) in [5, 5.41) is 0. The van der Waals surface area contributed by atoms with E-state index >= 15 is 0 Å². The van der Waals surface area contributed by atoms with Gasteiger partial charge in [0.15, 0.2) is 5.60 Å². The molecule has 0 spiro atoms. The maximum Gasteiger partial charge on any atom is 0.324 e. The van der Waals surface area contributed by atoms with E-state index in [-0.39, 0.29) is 18.4 Å². The van der Waals surface area contributed by atoms with Gasteiger partial charge in [0, 0.05) is 11.1 Å². The zero-order valence-corrected chi connectivity index (χ0v) is 14.4. The molecule has 0 amide bonds. The fourth-order valence-corrected chi connectivity index (χ4v) is 2.59. The number of ether oxygens (including phenoxy) is 1. The van der Waals surface area contributed by atoms with Crippen LogP contribution in [0.2, 0.25) is 0 Å². The molecular formula is C19H24ClNO2. The van der Waals surface area contributed by atoms with Crippen LogP contribution < -0.4 is 5.73 Å². The number of esters is 1. The smallest absolute Gasteiger partial charge is 0.324 e. The summed E-state index contributed by atoms with van der Waals surface area (Å²) in [5.41, 5.74) is 6.98. The lowest BCUT2D eigenvalue weighted by molar-refractivity contribution is -0.159. The largest absolute Gasteiger partial charge is 0.448 e. The Hall–Kier alpha value is -1.84. The fraction of sp³-hybridized carbons (Fsp3) is 0.316. The Kier molecular flexibility index (Phi) is 7.27. The Labute approximate surface area is 144 Å². The third-order valence-corrected chi connectivity index (χ3v) is 4.00. The molecule has 0 aliphatic heterocycles. The highest BCUT2D eigenvalue weighted by Crippen LogP contribution is 2.37. The molecule has 0 radical (unpaired) electrons. The second kappa shape index (κ2) is 8.70. The van der Waals surface area contributed by atoms with Crippen LogP contribution >= 0.6 is 12.4 Å². The van der Waals surface area contributed by atoms with Crippen molar-refractivity contribution < 1.29 is 9.53 Å². The van der Waals surface area contributed by atoms with E-state index in [1.54, 1.807) is 0 Å². The molecule has 0 aliphatic rings. The van der Waals surface area contributed by atoms with Gasteiger partial charge in [-0.05, 0) is 12.8 Å². The number of halogens is 1. The van der Waals surface area contributed by atoms with Crippen LogP contribution in [0, 0.1) is 0 Å². The summed E-state index contributed by atoms with van der Waals surface area (Å²) < 4.78 is 5.95. The predicted octanol–water partition coefficient (Wildman–Crippen LogP) is 4.04. The summed E-state index contributed by atoms with van der Waals surface area (Å²) >= 11 is 0. The molecule has 0 aromatic heterocycles. The predicted molar refractivity (Wildman–Crippen MR) is 95.6 cm³/mol. The van der Waals surface area contributed by atoms with E-state index in [1.807, 2.05) is 74.5 Å². The molecule has 0 saturated carbocycles. The zero-order chi connectivity index (χ0) is 16.0. The summed E-state index contributed by atoms with van der Waals surface area (Å²) in [4.78, 5) is 12.3. The van der Waals surface area contributed by atoms with Gasteiger partial charge >= 0.3 is 5.97 Å². The van der Waals surface area contributed by atoms with Gasteiger partial charge in [0.05, 0.1) is 0 Å². The molecule has 2 aromatic carbocycles. The topological polar surface area (TPSA) is 52.3 Å². The second-order valence-corrected chi connectivity index (χ2v) is 5.35. The van der Waals surface area contributed by atoms with Gasteiger partial charge < -0.3 is 10.5 Å². The molecular weight excluding hydrogens is 310 g/mol. The van der Waals surface area contributed by atoms with Crippen molar-refractivity contribution in [3.05, 3.63) is 71.8 Å². The highest BCUT2D eigenvalue weighted by Gasteiger charge is 2.37. The highest BCUT2D eigenvalue weighted by molar-refractivity contribution is 5.85. The molecule has 3 nitrogen and oxygen atoms in total. The second-order valence-electron chi connectivity index (χ2n) is 5.35. The van der Waals surface area contributed by atoms with Gasteiger partial charge in [0.2, 0.25) is 0 Å². The van der Waals surface area contributed by atoms with E-state index < -0.39 is 11.6 Å². The standard InChI is InChI=1S/C19H23NO2.ClH/c1-3-17(20)18(21)22-19(4-2,15-11-7-5-8-12-15)16-13-9-6-10-14-16;/h5-14,17H,3-4,20H2,1-2H3;1H. The summed E-state index contributed by atoms with van der Waals surface area (Å²) in [6.07, 6.45) is 1.20. The summed E-state index contributed by atoms with van der Waals surface area (Å²) in [6, 6.07) is 19.1. The van der Waals surface area contributed by atoms with Gasteiger partial charge in [-0.1, -0.05) is 74.5 Å². The molecule has 2 rings (SSSR count). The van der Waals surface area contributed by atoms with Gasteiger partial charge in [-0.15, -0.1) is 12.4 Å². The number of nitrogens with two attached hydrogens (primary N) is 1. The minimum absolute atomic E-state index is 0. The van der Waals surface area contributed by atoms with Gasteiger partial charge in [0.25, 0.3) is 0 Å². The Morgan fingerprint density at radius 2 is 1.43 bits per heavy atom. The Bertz CT molecular complexity index is 562. The average Bonchev–Trinajstić information content (AvgIpc) is 2.60. The number of hydrogen-bond acceptors (Lipinski definition) is 3. The number of benzene rings is 2. The molecule has 0 bridgehead atoms. The molecule has 1 atom stereocenters. The molecule has 2 aromatic rings. The zero-order valence-electron chi connectivity index (χ0n) is 13.6. The van der Waals surface area contributed by atoms with E-state index in [2.05, 4.69) is 0 Å². The summed E-state index contributed by atoms with van der Waals surface area (Å²) in [7, 11) is 0. The van der Waals surface area contributed by atoms with Crippen molar-refractivity contribution in [2.75, 3.05) is 0 Å². The van der Waals surface area contributed by atoms with Crippen LogP contribution in [0.1, 0.15) is 37.8 Å². The SMILES string of the molecule is CCC(N)C(=O)OC(CC)(c1ccccc1)c1ccccc1.Cl. The van der Waals surface area contributed by atoms with E-state index in [0.717, 1.165) is 11.1 Å². The van der Waals surface area contributed by atoms with Crippen molar-refractivity contribution in [3.8, 4) is 0 Å². The molecule has 4 heteroatoms. The Balaban J connectivity index is 0.00000264. The molecule has 1 unspecified atom stereocenters. The van der Waals surface area contributed by atoms with Crippen molar-refractivity contribution in [2.24, 2.45) is 5.73 Å². The van der Waals surface area contributed by atoms with Gasteiger partial charge in [-0.2, -0.15) is 0 Å². The first kappa shape index (κ1) is 19.2. The third kappa shape index (κ3) is 4.12. The number of rotatable bonds is 6. The quantitative estimate of drug-likeness (QED) is 0.811. The monoisotopic (exact) mass is 333 g/mol. The van der Waals surface area contributed by atoms with E-state index in [4.69, 9.17) is 10.5 Å². The van der Waals surface area contributed by atoms with Gasteiger partial charge in [0.1, 0.15) is 6.04 Å². The minimum atomic E-state index is -0.799. The molecule has 0 saturated heterocycles. The van der Waals surface area contributed by atoms with Crippen LogP contribution in [0.4, 0.5) is 0 Å². The van der Waals surface area contributed by atoms with Crippen molar-refractivity contribution >= 4 is 18.4 Å². The fourth-order valence-electron chi connectivity index (χ4n) is 2.59. The van der Waals surface area contributed by atoms with Crippen LogP contribution in [0.5, 0.6) is 0 Å². The van der Waals surface area contributed by atoms with Crippen LogP contribution in [-0.2, 0) is 15.1 Å². The van der Waals surface area contributed by atoms with Crippen LogP contribution in [0.25, 0.3) is 0 Å². The third-order valence-electron chi connectivity index (χ3n) is 4.00. The number of hydrogen-bond donors (Lipinski definition) is 1. The molecule has 0 fully saturated rings. The Morgan fingerprint density at radius 3 is 1.78 bits per heavy atom. The lowest BCUT2D eigenvalue weighted by Gasteiger charge is -2.34. The minimum Gasteiger partial charge on any atom is -0.448 e. The highest BCUT2D eigenvalue weighted by atomic mass is 35.5. The van der Waals surface area contributed by atoms with E-state index in [1.165, 1.54) is 0 Å². The van der Waals surface area contributed by atoms with Crippen molar-refractivity contribution in [1.29, 1.82) is 0 Å².